The van der Waals surface area contributed by atoms with Gasteiger partial charge in [0.25, 0.3) is 11.7 Å². The van der Waals surface area contributed by atoms with Crippen molar-refractivity contribution in [3.63, 3.8) is 0 Å². The third kappa shape index (κ3) is 6.03. The Balaban J connectivity index is 2.07. The Labute approximate surface area is 207 Å². The maximum atomic E-state index is 13.2. The van der Waals surface area contributed by atoms with E-state index in [4.69, 9.17) is 9.47 Å². The zero-order valence-corrected chi connectivity index (χ0v) is 21.5. The summed E-state index contributed by atoms with van der Waals surface area (Å²) in [6, 6.07) is 11.9. The molecule has 1 aliphatic rings. The zero-order chi connectivity index (χ0) is 25.7. The number of hydrogen-bond donors (Lipinski definition) is 1. The summed E-state index contributed by atoms with van der Waals surface area (Å²) in [4.78, 5) is 29.8. The molecule has 1 unspecified atom stereocenters. The number of benzene rings is 2. The maximum Gasteiger partial charge on any atom is 0.295 e. The molecule has 2 aromatic rings. The number of nitrogens with zero attached hydrogens (tertiary/aromatic N) is 2. The van der Waals surface area contributed by atoms with E-state index in [-0.39, 0.29) is 17.4 Å². The molecule has 188 valence electrons. The summed E-state index contributed by atoms with van der Waals surface area (Å²) in [5.41, 5.74) is 2.13. The molecule has 1 heterocycles. The Bertz CT molecular complexity index is 1090. The summed E-state index contributed by atoms with van der Waals surface area (Å²) in [7, 11) is 3.82. The molecule has 0 saturated carbocycles. The largest absolute Gasteiger partial charge is 0.507 e. The van der Waals surface area contributed by atoms with E-state index in [9.17, 15) is 14.7 Å². The van der Waals surface area contributed by atoms with Gasteiger partial charge in [0, 0.05) is 18.7 Å². The van der Waals surface area contributed by atoms with Crippen LogP contribution in [-0.4, -0.2) is 66.5 Å². The highest BCUT2D eigenvalue weighted by atomic mass is 16.5. The van der Waals surface area contributed by atoms with Crippen molar-refractivity contribution in [2.24, 2.45) is 0 Å². The Morgan fingerprint density at radius 2 is 1.80 bits per heavy atom. The van der Waals surface area contributed by atoms with Crippen LogP contribution in [0.2, 0.25) is 0 Å². The van der Waals surface area contributed by atoms with Gasteiger partial charge in [-0.05, 0) is 82.7 Å². The molecule has 0 radical (unpaired) electrons. The number of carbonyl (C=O) groups excluding carboxylic acids is 2. The SMILES string of the molecule is CCCOc1ccc(C2/C(=C(\O)c3ccc(OC(C)C)c(C)c3)C(=O)C(=O)N2CCN(C)C)cc1. The van der Waals surface area contributed by atoms with E-state index in [0.717, 1.165) is 23.3 Å². The van der Waals surface area contributed by atoms with Crippen molar-refractivity contribution in [2.45, 2.75) is 46.3 Å². The van der Waals surface area contributed by atoms with Crippen LogP contribution in [0, 0.1) is 6.92 Å². The number of aryl methyl sites for hydroxylation is 1. The Hall–Kier alpha value is -3.32. The van der Waals surface area contributed by atoms with Crippen LogP contribution in [0.15, 0.2) is 48.0 Å². The number of likely N-dealkylation sites (tertiary alicyclic amines) is 1. The van der Waals surface area contributed by atoms with Gasteiger partial charge in [-0.25, -0.2) is 0 Å². The first-order valence-electron chi connectivity index (χ1n) is 12.1. The van der Waals surface area contributed by atoms with Crippen LogP contribution < -0.4 is 9.47 Å². The van der Waals surface area contributed by atoms with Crippen LogP contribution in [0.4, 0.5) is 0 Å². The molecule has 1 saturated heterocycles. The normalized spacial score (nSPS) is 17.5. The van der Waals surface area contributed by atoms with Gasteiger partial charge in [0.2, 0.25) is 0 Å². The summed E-state index contributed by atoms with van der Waals surface area (Å²) in [5, 5.41) is 11.3. The van der Waals surface area contributed by atoms with E-state index in [1.807, 2.05) is 71.0 Å². The van der Waals surface area contributed by atoms with Gasteiger partial charge in [0.15, 0.2) is 0 Å². The minimum Gasteiger partial charge on any atom is -0.507 e. The van der Waals surface area contributed by atoms with Gasteiger partial charge in [-0.3, -0.25) is 9.59 Å². The first-order chi connectivity index (χ1) is 16.6. The zero-order valence-electron chi connectivity index (χ0n) is 21.5. The molecule has 2 aromatic carbocycles. The highest BCUT2D eigenvalue weighted by Gasteiger charge is 2.45. The fourth-order valence-electron chi connectivity index (χ4n) is 4.07. The van der Waals surface area contributed by atoms with Crippen LogP contribution in [-0.2, 0) is 9.59 Å². The molecule has 1 fully saturated rings. The number of amides is 1. The fourth-order valence-corrected chi connectivity index (χ4v) is 4.07. The summed E-state index contributed by atoms with van der Waals surface area (Å²) in [6.07, 6.45) is 0.909. The lowest BCUT2D eigenvalue weighted by Gasteiger charge is -2.26. The van der Waals surface area contributed by atoms with E-state index >= 15 is 0 Å². The average molecular weight is 481 g/mol. The van der Waals surface area contributed by atoms with Crippen LogP contribution in [0.25, 0.3) is 5.76 Å². The predicted octanol–water partition coefficient (Wildman–Crippen LogP) is 4.55. The van der Waals surface area contributed by atoms with Crippen molar-refractivity contribution in [3.8, 4) is 11.5 Å². The number of carbonyl (C=O) groups is 2. The van der Waals surface area contributed by atoms with Crippen molar-refractivity contribution < 1.29 is 24.2 Å². The monoisotopic (exact) mass is 480 g/mol. The molecule has 0 aromatic heterocycles. The van der Waals surface area contributed by atoms with Gasteiger partial charge < -0.3 is 24.4 Å². The fraction of sp³-hybridized carbons (Fsp3) is 0.429. The quantitative estimate of drug-likeness (QED) is 0.305. The van der Waals surface area contributed by atoms with Gasteiger partial charge >= 0.3 is 0 Å². The predicted molar refractivity (Wildman–Crippen MR) is 137 cm³/mol. The Kier molecular flexibility index (Phi) is 8.57. The second-order valence-electron chi connectivity index (χ2n) is 9.36. The second-order valence-corrected chi connectivity index (χ2v) is 9.36. The summed E-state index contributed by atoms with van der Waals surface area (Å²) >= 11 is 0. The minimum absolute atomic E-state index is 0.0134. The molecular formula is C28H36N2O5. The van der Waals surface area contributed by atoms with Gasteiger partial charge in [-0.2, -0.15) is 0 Å². The molecule has 0 spiro atoms. The standard InChI is InChI=1S/C28H36N2O5/c1-7-16-34-22-11-8-20(9-12-22)25-24(27(32)28(33)30(25)15-14-29(5)6)26(31)21-10-13-23(19(4)17-21)35-18(2)3/h8-13,17-18,25,31H,7,14-16H2,1-6H3/b26-24+. The van der Waals surface area contributed by atoms with Crippen LogP contribution >= 0.6 is 0 Å². The molecular weight excluding hydrogens is 444 g/mol. The Morgan fingerprint density at radius 1 is 1.11 bits per heavy atom. The van der Waals surface area contributed by atoms with E-state index in [1.165, 1.54) is 0 Å². The molecule has 1 atom stereocenters. The van der Waals surface area contributed by atoms with Crippen LogP contribution in [0.3, 0.4) is 0 Å². The number of rotatable bonds is 10. The summed E-state index contributed by atoms with van der Waals surface area (Å²) in [5.74, 6) is -0.0514. The number of likely N-dealkylation sites (N-methyl/N-ethyl adjacent to an activating group) is 1. The van der Waals surface area contributed by atoms with Crippen molar-refractivity contribution in [1.29, 1.82) is 0 Å². The highest BCUT2D eigenvalue weighted by Crippen LogP contribution is 2.40. The molecule has 7 nitrogen and oxygen atoms in total. The van der Waals surface area contributed by atoms with Gasteiger partial charge in [-0.1, -0.05) is 19.1 Å². The number of aliphatic hydroxyl groups is 1. The lowest BCUT2D eigenvalue weighted by atomic mass is 9.94. The molecule has 7 heteroatoms. The lowest BCUT2D eigenvalue weighted by Crippen LogP contribution is -2.35. The smallest absolute Gasteiger partial charge is 0.295 e. The van der Waals surface area contributed by atoms with Gasteiger partial charge in [0.05, 0.1) is 24.3 Å². The number of aliphatic hydroxyl groups excluding tert-OH is 1. The number of hydrogen-bond acceptors (Lipinski definition) is 6. The lowest BCUT2D eigenvalue weighted by molar-refractivity contribution is -0.140. The minimum atomic E-state index is -0.693. The average Bonchev–Trinajstić information content (AvgIpc) is 3.07. The van der Waals surface area contributed by atoms with Gasteiger partial charge in [0.1, 0.15) is 17.3 Å². The third-order valence-electron chi connectivity index (χ3n) is 5.81. The van der Waals surface area contributed by atoms with E-state index < -0.39 is 17.7 Å². The maximum absolute atomic E-state index is 13.2. The highest BCUT2D eigenvalue weighted by molar-refractivity contribution is 6.46. The van der Waals surface area contributed by atoms with Crippen molar-refractivity contribution in [2.75, 3.05) is 33.8 Å². The molecule has 1 N–H and O–H groups in total. The first kappa shape index (κ1) is 26.3. The van der Waals surface area contributed by atoms with Crippen LogP contribution in [0.5, 0.6) is 11.5 Å². The third-order valence-corrected chi connectivity index (χ3v) is 5.81. The van der Waals surface area contributed by atoms with Crippen molar-refractivity contribution in [3.05, 3.63) is 64.7 Å². The molecule has 1 aliphatic heterocycles. The van der Waals surface area contributed by atoms with Gasteiger partial charge in [-0.15, -0.1) is 0 Å². The molecule has 1 amide bonds. The molecule has 3 rings (SSSR count). The van der Waals surface area contributed by atoms with E-state index in [2.05, 4.69) is 0 Å². The molecule has 0 aliphatic carbocycles. The first-order valence-corrected chi connectivity index (χ1v) is 12.1. The summed E-state index contributed by atoms with van der Waals surface area (Å²) in [6.45, 7) is 9.36. The van der Waals surface area contributed by atoms with Crippen molar-refractivity contribution in [1.82, 2.24) is 9.80 Å². The van der Waals surface area contributed by atoms with E-state index in [1.54, 1.807) is 23.1 Å². The number of Topliss-reactive ketones (excluding diaryl/α,β-unsaturated/α-hetero) is 1. The number of ether oxygens (including phenoxy) is 2. The molecule has 0 bridgehead atoms. The molecule has 35 heavy (non-hydrogen) atoms. The second kappa shape index (κ2) is 11.4. The van der Waals surface area contributed by atoms with E-state index in [0.29, 0.717) is 31.0 Å². The Morgan fingerprint density at radius 3 is 2.37 bits per heavy atom. The topological polar surface area (TPSA) is 79.3 Å². The number of ketones is 1. The van der Waals surface area contributed by atoms with Crippen LogP contribution in [0.1, 0.15) is 49.9 Å². The summed E-state index contributed by atoms with van der Waals surface area (Å²) < 4.78 is 11.5. The van der Waals surface area contributed by atoms with Crippen molar-refractivity contribution >= 4 is 17.4 Å².